The quantitative estimate of drug-likeness (QED) is 0.756. The second-order valence-electron chi connectivity index (χ2n) is 5.86. The van der Waals surface area contributed by atoms with Crippen LogP contribution in [0.3, 0.4) is 0 Å². The van der Waals surface area contributed by atoms with Crippen LogP contribution in [0.2, 0.25) is 0 Å². The van der Waals surface area contributed by atoms with Crippen LogP contribution in [0.5, 0.6) is 0 Å². The van der Waals surface area contributed by atoms with Crippen LogP contribution >= 0.6 is 12.2 Å². The summed E-state index contributed by atoms with van der Waals surface area (Å²) in [5.74, 6) is 1.69. The average Bonchev–Trinajstić information content (AvgIpc) is 2.81. The van der Waals surface area contributed by atoms with E-state index < -0.39 is 0 Å². The molecule has 2 saturated carbocycles. The van der Waals surface area contributed by atoms with E-state index in [-0.39, 0.29) is 0 Å². The van der Waals surface area contributed by atoms with Crippen molar-refractivity contribution in [1.82, 2.24) is 10.6 Å². The Hall–Kier alpha value is -0.310. The summed E-state index contributed by atoms with van der Waals surface area (Å²) in [6, 6.07) is 0.638. The first-order valence-corrected chi connectivity index (χ1v) is 7.71. The second kappa shape index (κ2) is 6.58. The van der Waals surface area contributed by atoms with Gasteiger partial charge in [0.05, 0.1) is 0 Å². The van der Waals surface area contributed by atoms with Crippen molar-refractivity contribution in [2.24, 2.45) is 11.8 Å². The first kappa shape index (κ1) is 13.1. The van der Waals surface area contributed by atoms with E-state index in [1.807, 2.05) is 0 Å². The van der Waals surface area contributed by atoms with Crippen molar-refractivity contribution in [3.8, 4) is 0 Å². The van der Waals surface area contributed by atoms with Crippen LogP contribution in [0.1, 0.15) is 58.3 Å². The van der Waals surface area contributed by atoms with Crippen LogP contribution in [0.25, 0.3) is 0 Å². The van der Waals surface area contributed by atoms with E-state index in [9.17, 15) is 0 Å². The summed E-state index contributed by atoms with van der Waals surface area (Å²) in [6.07, 6.45) is 10.9. The predicted octanol–water partition coefficient (Wildman–Crippen LogP) is 3.22. The maximum Gasteiger partial charge on any atom is 0.166 e. The monoisotopic (exact) mass is 254 g/mol. The van der Waals surface area contributed by atoms with E-state index in [0.717, 1.165) is 23.5 Å². The van der Waals surface area contributed by atoms with Crippen molar-refractivity contribution < 1.29 is 0 Å². The number of hydrogen-bond acceptors (Lipinski definition) is 1. The lowest BCUT2D eigenvalue weighted by Gasteiger charge is -2.29. The summed E-state index contributed by atoms with van der Waals surface area (Å²) in [6.45, 7) is 3.46. The molecule has 0 aromatic carbocycles. The van der Waals surface area contributed by atoms with E-state index >= 15 is 0 Å². The molecule has 2 rings (SSSR count). The standard InChI is InChI=1S/C14H26N2S/c1-11-6-2-3-7-12(11)10-15-14(17)16-13-8-4-5-9-13/h11-13H,2-10H2,1H3,(H2,15,16,17). The fourth-order valence-electron chi connectivity index (χ4n) is 3.23. The Balaban J connectivity index is 1.64. The van der Waals surface area contributed by atoms with Crippen LogP contribution in [0, 0.1) is 11.8 Å². The van der Waals surface area contributed by atoms with Gasteiger partial charge in [-0.15, -0.1) is 0 Å². The normalized spacial score (nSPS) is 30.2. The highest BCUT2D eigenvalue weighted by atomic mass is 32.1. The number of thiocarbonyl (C=S) groups is 1. The molecule has 17 heavy (non-hydrogen) atoms. The molecule has 0 saturated heterocycles. The summed E-state index contributed by atoms with van der Waals surface area (Å²) in [5.41, 5.74) is 0. The molecule has 3 heteroatoms. The molecule has 2 nitrogen and oxygen atoms in total. The smallest absolute Gasteiger partial charge is 0.166 e. The van der Waals surface area contributed by atoms with Crippen molar-refractivity contribution in [2.45, 2.75) is 64.3 Å². The van der Waals surface area contributed by atoms with Gasteiger partial charge in [0.15, 0.2) is 5.11 Å². The van der Waals surface area contributed by atoms with Gasteiger partial charge in [0.2, 0.25) is 0 Å². The summed E-state index contributed by atoms with van der Waals surface area (Å²) in [7, 11) is 0. The molecule has 0 amide bonds. The molecule has 0 heterocycles. The summed E-state index contributed by atoms with van der Waals surface area (Å²) in [5, 5.41) is 7.77. The Morgan fingerprint density at radius 1 is 1.06 bits per heavy atom. The molecule has 2 fully saturated rings. The first-order valence-electron chi connectivity index (χ1n) is 7.30. The number of hydrogen-bond donors (Lipinski definition) is 2. The van der Waals surface area contributed by atoms with Gasteiger partial charge in [0.25, 0.3) is 0 Å². The molecule has 2 N–H and O–H groups in total. The summed E-state index contributed by atoms with van der Waals surface area (Å²) < 4.78 is 0. The minimum absolute atomic E-state index is 0.638. The highest BCUT2D eigenvalue weighted by Crippen LogP contribution is 2.28. The lowest BCUT2D eigenvalue weighted by atomic mass is 9.80. The predicted molar refractivity (Wildman–Crippen MR) is 77.1 cm³/mol. The van der Waals surface area contributed by atoms with Gasteiger partial charge in [-0.3, -0.25) is 0 Å². The first-order chi connectivity index (χ1) is 8.25. The minimum atomic E-state index is 0.638. The summed E-state index contributed by atoms with van der Waals surface area (Å²) >= 11 is 5.38. The van der Waals surface area contributed by atoms with Crippen molar-refractivity contribution >= 4 is 17.3 Å². The van der Waals surface area contributed by atoms with Crippen molar-refractivity contribution in [3.63, 3.8) is 0 Å². The molecule has 0 aromatic rings. The molecule has 98 valence electrons. The molecule has 0 spiro atoms. The fourth-order valence-corrected chi connectivity index (χ4v) is 3.48. The van der Waals surface area contributed by atoms with Gasteiger partial charge in [0, 0.05) is 12.6 Å². The van der Waals surface area contributed by atoms with Gasteiger partial charge in [-0.05, 0) is 43.3 Å². The van der Waals surface area contributed by atoms with Crippen LogP contribution in [0.15, 0.2) is 0 Å². The van der Waals surface area contributed by atoms with Gasteiger partial charge < -0.3 is 10.6 Å². The number of nitrogens with one attached hydrogen (secondary N) is 2. The van der Waals surface area contributed by atoms with Crippen LogP contribution < -0.4 is 10.6 Å². The molecule has 0 aliphatic heterocycles. The van der Waals surface area contributed by atoms with E-state index in [2.05, 4.69) is 17.6 Å². The van der Waals surface area contributed by atoms with Crippen molar-refractivity contribution in [2.75, 3.05) is 6.54 Å². The Labute approximate surface area is 111 Å². The molecule has 0 bridgehead atoms. The zero-order valence-corrected chi connectivity index (χ0v) is 11.8. The Bertz CT molecular complexity index is 249. The van der Waals surface area contributed by atoms with E-state index in [4.69, 9.17) is 12.2 Å². The third-order valence-electron chi connectivity index (χ3n) is 4.50. The van der Waals surface area contributed by atoms with Gasteiger partial charge >= 0.3 is 0 Å². The Morgan fingerprint density at radius 3 is 2.41 bits per heavy atom. The third kappa shape index (κ3) is 4.13. The maximum atomic E-state index is 5.38. The Kier molecular flexibility index (Phi) is 5.08. The molecular formula is C14H26N2S. The van der Waals surface area contributed by atoms with Gasteiger partial charge in [-0.25, -0.2) is 0 Å². The Morgan fingerprint density at radius 2 is 1.71 bits per heavy atom. The van der Waals surface area contributed by atoms with Gasteiger partial charge in [0.1, 0.15) is 0 Å². The van der Waals surface area contributed by atoms with E-state index in [1.54, 1.807) is 0 Å². The average molecular weight is 254 g/mol. The topological polar surface area (TPSA) is 24.1 Å². The van der Waals surface area contributed by atoms with E-state index in [1.165, 1.54) is 51.4 Å². The lowest BCUT2D eigenvalue weighted by Crippen LogP contribution is -2.43. The molecule has 2 aliphatic carbocycles. The molecular weight excluding hydrogens is 228 g/mol. The van der Waals surface area contributed by atoms with Crippen molar-refractivity contribution in [3.05, 3.63) is 0 Å². The highest BCUT2D eigenvalue weighted by Gasteiger charge is 2.21. The maximum absolute atomic E-state index is 5.38. The molecule has 0 radical (unpaired) electrons. The lowest BCUT2D eigenvalue weighted by molar-refractivity contribution is 0.256. The van der Waals surface area contributed by atoms with E-state index in [0.29, 0.717) is 6.04 Å². The second-order valence-corrected chi connectivity index (χ2v) is 6.27. The third-order valence-corrected chi connectivity index (χ3v) is 4.77. The molecule has 2 atom stereocenters. The fraction of sp³-hybridized carbons (Fsp3) is 0.929. The van der Waals surface area contributed by atoms with Crippen LogP contribution in [-0.2, 0) is 0 Å². The molecule has 0 aromatic heterocycles. The minimum Gasteiger partial charge on any atom is -0.362 e. The molecule has 2 unspecified atom stereocenters. The zero-order chi connectivity index (χ0) is 12.1. The molecule has 2 aliphatic rings. The highest BCUT2D eigenvalue weighted by molar-refractivity contribution is 7.80. The largest absolute Gasteiger partial charge is 0.362 e. The van der Waals surface area contributed by atoms with Crippen molar-refractivity contribution in [1.29, 1.82) is 0 Å². The van der Waals surface area contributed by atoms with Crippen LogP contribution in [0.4, 0.5) is 0 Å². The van der Waals surface area contributed by atoms with Gasteiger partial charge in [-0.2, -0.15) is 0 Å². The number of rotatable bonds is 3. The van der Waals surface area contributed by atoms with Gasteiger partial charge in [-0.1, -0.05) is 39.0 Å². The zero-order valence-electron chi connectivity index (χ0n) is 11.0. The summed E-state index contributed by atoms with van der Waals surface area (Å²) in [4.78, 5) is 0. The van der Waals surface area contributed by atoms with Crippen LogP contribution in [-0.4, -0.2) is 17.7 Å². The SMILES string of the molecule is CC1CCCCC1CNC(=S)NC1CCCC1.